The van der Waals surface area contributed by atoms with Gasteiger partial charge in [-0.05, 0) is 12.1 Å². The number of hydrogen-bond donors (Lipinski definition) is 0. The lowest BCUT2D eigenvalue weighted by molar-refractivity contribution is 1.49. The Morgan fingerprint density at radius 1 is 1.10 bits per heavy atom. The predicted molar refractivity (Wildman–Crippen MR) is 42.4 cm³/mol. The fraction of sp³-hybridized carbons (Fsp3) is 0. The van der Waals surface area contributed by atoms with Crippen LogP contribution in [0.1, 0.15) is 5.56 Å². The molecule has 0 aromatic heterocycles. The SMILES string of the molecule is C=C.N#Cc1ccccc1. The average molecular weight is 131 g/mol. The van der Waals surface area contributed by atoms with Crippen LogP contribution in [0.5, 0.6) is 0 Å². The molecule has 1 nitrogen and oxygen atoms in total. The molecule has 0 unspecified atom stereocenters. The Labute approximate surface area is 61.2 Å². The second-order valence-corrected chi connectivity index (χ2v) is 1.48. The number of rotatable bonds is 0. The minimum absolute atomic E-state index is 0.715. The maximum absolute atomic E-state index is 8.29. The van der Waals surface area contributed by atoms with Crippen molar-refractivity contribution in [3.05, 3.63) is 49.1 Å². The Bertz CT molecular complexity index is 208. The van der Waals surface area contributed by atoms with Gasteiger partial charge in [0.2, 0.25) is 0 Å². The first kappa shape index (κ1) is 8.45. The van der Waals surface area contributed by atoms with E-state index in [1.807, 2.05) is 24.3 Å². The van der Waals surface area contributed by atoms with Crippen molar-refractivity contribution in [1.29, 1.82) is 5.26 Å². The third kappa shape index (κ3) is 2.68. The van der Waals surface area contributed by atoms with Gasteiger partial charge >= 0.3 is 0 Å². The molecule has 1 heteroatoms. The van der Waals surface area contributed by atoms with E-state index in [4.69, 9.17) is 5.26 Å². The quantitative estimate of drug-likeness (QED) is 0.496. The second kappa shape index (κ2) is 5.58. The zero-order valence-corrected chi connectivity index (χ0v) is 5.75. The van der Waals surface area contributed by atoms with E-state index in [0.29, 0.717) is 5.56 Å². The van der Waals surface area contributed by atoms with Crippen LogP contribution in [-0.2, 0) is 0 Å². The Morgan fingerprint density at radius 2 is 1.60 bits per heavy atom. The van der Waals surface area contributed by atoms with Gasteiger partial charge in [0, 0.05) is 0 Å². The normalized spacial score (nSPS) is 6.70. The molecule has 0 aliphatic carbocycles. The molecule has 0 atom stereocenters. The maximum Gasteiger partial charge on any atom is 0.0991 e. The van der Waals surface area contributed by atoms with Crippen molar-refractivity contribution >= 4 is 0 Å². The van der Waals surface area contributed by atoms with Crippen LogP contribution in [-0.4, -0.2) is 0 Å². The zero-order valence-electron chi connectivity index (χ0n) is 5.75. The van der Waals surface area contributed by atoms with E-state index >= 15 is 0 Å². The van der Waals surface area contributed by atoms with Gasteiger partial charge in [0.05, 0.1) is 11.6 Å². The Kier molecular flexibility index (Phi) is 4.72. The maximum atomic E-state index is 8.29. The average Bonchev–Trinajstić information content (AvgIpc) is 2.10. The van der Waals surface area contributed by atoms with Crippen molar-refractivity contribution < 1.29 is 0 Å². The molecule has 0 radical (unpaired) electrons. The van der Waals surface area contributed by atoms with Gasteiger partial charge in [-0.1, -0.05) is 18.2 Å². The fourth-order valence-electron chi connectivity index (χ4n) is 0.513. The number of nitriles is 1. The van der Waals surface area contributed by atoms with Crippen LogP contribution >= 0.6 is 0 Å². The standard InChI is InChI=1S/C7H5N.C2H4/c8-6-7-4-2-1-3-5-7;1-2/h1-5H;1-2H2. The molecule has 0 amide bonds. The van der Waals surface area contributed by atoms with E-state index in [2.05, 4.69) is 13.2 Å². The second-order valence-electron chi connectivity index (χ2n) is 1.48. The van der Waals surface area contributed by atoms with Crippen molar-refractivity contribution in [3.63, 3.8) is 0 Å². The van der Waals surface area contributed by atoms with Crippen LogP contribution in [0.25, 0.3) is 0 Å². The van der Waals surface area contributed by atoms with Crippen LogP contribution in [0.2, 0.25) is 0 Å². The van der Waals surface area contributed by atoms with Gasteiger partial charge in [0.1, 0.15) is 0 Å². The van der Waals surface area contributed by atoms with Crippen LogP contribution < -0.4 is 0 Å². The van der Waals surface area contributed by atoms with Crippen LogP contribution in [0, 0.1) is 11.3 Å². The van der Waals surface area contributed by atoms with Crippen molar-refractivity contribution in [2.75, 3.05) is 0 Å². The van der Waals surface area contributed by atoms with Crippen LogP contribution in [0.3, 0.4) is 0 Å². The molecular weight excluding hydrogens is 122 g/mol. The van der Waals surface area contributed by atoms with Crippen LogP contribution in [0.4, 0.5) is 0 Å². The van der Waals surface area contributed by atoms with Gasteiger partial charge < -0.3 is 0 Å². The summed E-state index contributed by atoms with van der Waals surface area (Å²) in [5.41, 5.74) is 0.715. The fourth-order valence-corrected chi connectivity index (χ4v) is 0.513. The summed E-state index contributed by atoms with van der Waals surface area (Å²) < 4.78 is 0. The highest BCUT2D eigenvalue weighted by molar-refractivity contribution is 5.27. The highest BCUT2D eigenvalue weighted by Crippen LogP contribution is 1.92. The van der Waals surface area contributed by atoms with E-state index in [1.54, 1.807) is 12.1 Å². The monoisotopic (exact) mass is 131 g/mol. The Balaban J connectivity index is 0.000000371. The van der Waals surface area contributed by atoms with E-state index in [1.165, 1.54) is 0 Å². The minimum Gasteiger partial charge on any atom is -0.192 e. The predicted octanol–water partition coefficient (Wildman–Crippen LogP) is 2.36. The molecule has 1 aromatic carbocycles. The van der Waals surface area contributed by atoms with Gasteiger partial charge in [0.25, 0.3) is 0 Å². The highest BCUT2D eigenvalue weighted by Gasteiger charge is 1.79. The number of benzene rings is 1. The van der Waals surface area contributed by atoms with Crippen molar-refractivity contribution in [3.8, 4) is 6.07 Å². The van der Waals surface area contributed by atoms with Gasteiger partial charge in [-0.2, -0.15) is 5.26 Å². The largest absolute Gasteiger partial charge is 0.192 e. The Hall–Kier alpha value is -1.55. The molecule has 0 saturated carbocycles. The van der Waals surface area contributed by atoms with E-state index < -0.39 is 0 Å². The molecule has 10 heavy (non-hydrogen) atoms. The van der Waals surface area contributed by atoms with Crippen molar-refractivity contribution in [1.82, 2.24) is 0 Å². The summed E-state index contributed by atoms with van der Waals surface area (Å²) in [6.07, 6.45) is 0. The van der Waals surface area contributed by atoms with Crippen molar-refractivity contribution in [2.45, 2.75) is 0 Å². The molecule has 0 bridgehead atoms. The molecule has 0 saturated heterocycles. The topological polar surface area (TPSA) is 23.8 Å². The lowest BCUT2D eigenvalue weighted by Gasteiger charge is -1.80. The molecule has 1 rings (SSSR count). The summed E-state index contributed by atoms with van der Waals surface area (Å²) in [5.74, 6) is 0. The van der Waals surface area contributed by atoms with Gasteiger partial charge in [0.15, 0.2) is 0 Å². The molecule has 0 aliphatic rings. The first-order chi connectivity index (χ1) is 4.93. The third-order valence-electron chi connectivity index (χ3n) is 0.903. The molecule has 0 spiro atoms. The van der Waals surface area contributed by atoms with Gasteiger partial charge in [-0.25, -0.2) is 0 Å². The summed E-state index contributed by atoms with van der Waals surface area (Å²) in [4.78, 5) is 0. The first-order valence-electron chi connectivity index (χ1n) is 2.88. The first-order valence-corrected chi connectivity index (χ1v) is 2.88. The summed E-state index contributed by atoms with van der Waals surface area (Å²) in [5, 5.41) is 8.29. The third-order valence-corrected chi connectivity index (χ3v) is 0.903. The van der Waals surface area contributed by atoms with Crippen molar-refractivity contribution in [2.24, 2.45) is 0 Å². The lowest BCUT2D eigenvalue weighted by Crippen LogP contribution is -1.66. The lowest BCUT2D eigenvalue weighted by atomic mass is 10.2. The van der Waals surface area contributed by atoms with E-state index in [0.717, 1.165) is 0 Å². The zero-order chi connectivity index (χ0) is 7.82. The van der Waals surface area contributed by atoms with Gasteiger partial charge in [-0.15, -0.1) is 13.2 Å². The molecule has 50 valence electrons. The van der Waals surface area contributed by atoms with E-state index in [-0.39, 0.29) is 0 Å². The molecule has 0 heterocycles. The van der Waals surface area contributed by atoms with Crippen LogP contribution in [0.15, 0.2) is 43.5 Å². The number of hydrogen-bond acceptors (Lipinski definition) is 1. The highest BCUT2D eigenvalue weighted by atomic mass is 14.2. The summed E-state index contributed by atoms with van der Waals surface area (Å²) in [6, 6.07) is 11.2. The molecule has 0 aliphatic heterocycles. The minimum atomic E-state index is 0.715. The summed E-state index contributed by atoms with van der Waals surface area (Å²) in [6.45, 7) is 6.00. The summed E-state index contributed by atoms with van der Waals surface area (Å²) in [7, 11) is 0. The molecule has 0 fully saturated rings. The molecular formula is C9H9N. The molecule has 0 N–H and O–H groups in total. The number of nitrogens with zero attached hydrogens (tertiary/aromatic N) is 1. The van der Waals surface area contributed by atoms with Gasteiger partial charge in [-0.3, -0.25) is 0 Å². The Morgan fingerprint density at radius 3 is 1.90 bits per heavy atom. The van der Waals surface area contributed by atoms with E-state index in [9.17, 15) is 0 Å². The summed E-state index contributed by atoms with van der Waals surface area (Å²) >= 11 is 0. The molecule has 1 aromatic rings. The smallest absolute Gasteiger partial charge is 0.0991 e.